The maximum Gasteiger partial charge on any atom is 0.111 e. The number of halogens is 1. The van der Waals surface area contributed by atoms with E-state index >= 15 is 0 Å². The summed E-state index contributed by atoms with van der Waals surface area (Å²) in [5.41, 5.74) is 5.32. The highest BCUT2D eigenvalue weighted by Crippen LogP contribution is 2.28. The highest BCUT2D eigenvalue weighted by Gasteiger charge is 2.14. The quantitative estimate of drug-likeness (QED) is 0.392. The summed E-state index contributed by atoms with van der Waals surface area (Å²) in [6, 6.07) is 16.5. The summed E-state index contributed by atoms with van der Waals surface area (Å²) in [6.07, 6.45) is 1.83. The standard InChI is InChI=1S/C22H22BrN3O/c1-15-21-22(18-11-10-17(23)13-19(18)24-15)26(2)20(25-21)9-6-12-27-14-16-7-4-3-5-8-16/h3-5,7-8,10-11,13H,6,9,12,14H2,1-2H3. The average Bonchev–Trinajstić information content (AvgIpc) is 3.00. The fourth-order valence-corrected chi connectivity index (χ4v) is 3.81. The molecule has 0 bridgehead atoms. The number of ether oxygens (including phenoxy) is 1. The van der Waals surface area contributed by atoms with Crippen LogP contribution in [0, 0.1) is 6.92 Å². The molecule has 27 heavy (non-hydrogen) atoms. The van der Waals surface area contributed by atoms with Crippen LogP contribution in [-0.4, -0.2) is 21.1 Å². The molecular formula is C22H22BrN3O. The minimum Gasteiger partial charge on any atom is -0.377 e. The van der Waals surface area contributed by atoms with Crippen LogP contribution in [0.5, 0.6) is 0 Å². The van der Waals surface area contributed by atoms with Gasteiger partial charge in [-0.25, -0.2) is 4.98 Å². The summed E-state index contributed by atoms with van der Waals surface area (Å²) in [6.45, 7) is 3.41. The van der Waals surface area contributed by atoms with Crippen molar-refractivity contribution in [3.8, 4) is 0 Å². The third kappa shape index (κ3) is 3.75. The Kier molecular flexibility index (Phi) is 5.23. The molecule has 0 amide bonds. The van der Waals surface area contributed by atoms with Crippen molar-refractivity contribution in [2.75, 3.05) is 6.61 Å². The number of aromatic nitrogens is 3. The second kappa shape index (κ2) is 7.79. The van der Waals surface area contributed by atoms with Crippen molar-refractivity contribution in [1.29, 1.82) is 0 Å². The van der Waals surface area contributed by atoms with Gasteiger partial charge < -0.3 is 9.30 Å². The topological polar surface area (TPSA) is 39.9 Å². The van der Waals surface area contributed by atoms with Gasteiger partial charge in [0.25, 0.3) is 0 Å². The van der Waals surface area contributed by atoms with Crippen molar-refractivity contribution < 1.29 is 4.74 Å². The Morgan fingerprint density at radius 2 is 1.89 bits per heavy atom. The van der Waals surface area contributed by atoms with E-state index in [4.69, 9.17) is 14.7 Å². The third-order valence-corrected chi connectivity index (χ3v) is 5.33. The van der Waals surface area contributed by atoms with E-state index in [-0.39, 0.29) is 0 Å². The first-order chi connectivity index (χ1) is 13.1. The molecule has 0 unspecified atom stereocenters. The molecule has 0 aliphatic heterocycles. The van der Waals surface area contributed by atoms with Gasteiger partial charge in [-0.05, 0) is 37.1 Å². The predicted octanol–water partition coefficient (Wildman–Crippen LogP) is 5.34. The number of fused-ring (bicyclic) bond motifs is 3. The first-order valence-electron chi connectivity index (χ1n) is 9.16. The molecule has 4 nitrogen and oxygen atoms in total. The van der Waals surface area contributed by atoms with E-state index in [0.29, 0.717) is 6.61 Å². The number of rotatable bonds is 6. The minimum atomic E-state index is 0.659. The first kappa shape index (κ1) is 18.1. The van der Waals surface area contributed by atoms with Gasteiger partial charge in [-0.3, -0.25) is 4.98 Å². The zero-order valence-electron chi connectivity index (χ0n) is 15.6. The zero-order chi connectivity index (χ0) is 18.8. The normalized spacial score (nSPS) is 11.5. The smallest absolute Gasteiger partial charge is 0.111 e. The maximum absolute atomic E-state index is 5.81. The average molecular weight is 424 g/mol. The van der Waals surface area contributed by atoms with Crippen LogP contribution in [0.1, 0.15) is 23.5 Å². The van der Waals surface area contributed by atoms with Crippen molar-refractivity contribution in [2.45, 2.75) is 26.4 Å². The number of hydrogen-bond acceptors (Lipinski definition) is 3. The Hall–Kier alpha value is -2.24. The van der Waals surface area contributed by atoms with Gasteiger partial charge in [-0.2, -0.15) is 0 Å². The fourth-order valence-electron chi connectivity index (χ4n) is 3.46. The zero-order valence-corrected chi connectivity index (χ0v) is 17.2. The molecule has 0 aliphatic carbocycles. The molecule has 0 atom stereocenters. The van der Waals surface area contributed by atoms with Gasteiger partial charge in [0.2, 0.25) is 0 Å². The monoisotopic (exact) mass is 423 g/mol. The van der Waals surface area contributed by atoms with Crippen LogP contribution in [0.15, 0.2) is 53.0 Å². The molecule has 0 fully saturated rings. The van der Waals surface area contributed by atoms with Crippen molar-refractivity contribution in [3.63, 3.8) is 0 Å². The summed E-state index contributed by atoms with van der Waals surface area (Å²) in [4.78, 5) is 9.61. The Balaban J connectivity index is 1.50. The van der Waals surface area contributed by atoms with Gasteiger partial charge in [0.1, 0.15) is 11.3 Å². The van der Waals surface area contributed by atoms with Gasteiger partial charge in [-0.15, -0.1) is 0 Å². The van der Waals surface area contributed by atoms with Crippen molar-refractivity contribution in [1.82, 2.24) is 14.5 Å². The number of pyridine rings is 1. The summed E-state index contributed by atoms with van der Waals surface area (Å²) in [5, 5.41) is 1.14. The van der Waals surface area contributed by atoms with Gasteiger partial charge >= 0.3 is 0 Å². The molecule has 0 aliphatic rings. The molecule has 0 N–H and O–H groups in total. The third-order valence-electron chi connectivity index (χ3n) is 4.83. The molecule has 2 heterocycles. The SMILES string of the molecule is Cc1nc2cc(Br)ccc2c2c1nc(CCCOCc1ccccc1)n2C. The molecule has 5 heteroatoms. The highest BCUT2D eigenvalue weighted by atomic mass is 79.9. The second-order valence-electron chi connectivity index (χ2n) is 6.78. The molecule has 2 aromatic heterocycles. The van der Waals surface area contributed by atoms with Crippen molar-refractivity contribution >= 4 is 37.9 Å². The lowest BCUT2D eigenvalue weighted by Crippen LogP contribution is -2.02. The van der Waals surface area contributed by atoms with Crippen LogP contribution in [0.2, 0.25) is 0 Å². The molecule has 2 aromatic carbocycles. The largest absolute Gasteiger partial charge is 0.377 e. The molecule has 0 spiro atoms. The van der Waals surface area contributed by atoms with Crippen LogP contribution in [0.4, 0.5) is 0 Å². The summed E-state index contributed by atoms with van der Waals surface area (Å²) >= 11 is 3.53. The van der Waals surface area contributed by atoms with Crippen LogP contribution < -0.4 is 0 Å². The molecule has 0 saturated carbocycles. The van der Waals surface area contributed by atoms with Gasteiger partial charge in [-0.1, -0.05) is 46.3 Å². The number of imidazole rings is 1. The number of nitrogens with zero attached hydrogens (tertiary/aromatic N) is 3. The van der Waals surface area contributed by atoms with Gasteiger partial charge in [0.15, 0.2) is 0 Å². The molecule has 0 saturated heterocycles. The summed E-state index contributed by atoms with van der Waals surface area (Å²) in [7, 11) is 2.09. The highest BCUT2D eigenvalue weighted by molar-refractivity contribution is 9.10. The van der Waals surface area contributed by atoms with E-state index in [1.165, 1.54) is 5.56 Å². The van der Waals surface area contributed by atoms with E-state index in [9.17, 15) is 0 Å². The lowest BCUT2D eigenvalue weighted by atomic mass is 10.1. The van der Waals surface area contributed by atoms with Crippen LogP contribution in [0.3, 0.4) is 0 Å². The van der Waals surface area contributed by atoms with E-state index in [2.05, 4.69) is 57.9 Å². The lowest BCUT2D eigenvalue weighted by molar-refractivity contribution is 0.118. The van der Waals surface area contributed by atoms with E-state index in [1.54, 1.807) is 0 Å². The molecule has 138 valence electrons. The van der Waals surface area contributed by atoms with Crippen molar-refractivity contribution in [2.24, 2.45) is 7.05 Å². The van der Waals surface area contributed by atoms with Crippen molar-refractivity contribution in [3.05, 3.63) is 70.1 Å². The number of aryl methyl sites for hydroxylation is 3. The minimum absolute atomic E-state index is 0.659. The molecule has 4 rings (SSSR count). The first-order valence-corrected chi connectivity index (χ1v) is 9.95. The van der Waals surface area contributed by atoms with E-state index < -0.39 is 0 Å². The predicted molar refractivity (Wildman–Crippen MR) is 113 cm³/mol. The number of hydrogen-bond donors (Lipinski definition) is 0. The number of benzene rings is 2. The fraction of sp³-hybridized carbons (Fsp3) is 0.273. The van der Waals surface area contributed by atoms with Crippen LogP contribution in [-0.2, 0) is 24.8 Å². The van der Waals surface area contributed by atoms with E-state index in [1.807, 2.05) is 25.1 Å². The Labute approximate surface area is 167 Å². The molecular weight excluding hydrogens is 402 g/mol. The van der Waals surface area contributed by atoms with Crippen LogP contribution in [0.25, 0.3) is 21.9 Å². The Morgan fingerprint density at radius 1 is 1.07 bits per heavy atom. The molecule has 0 radical (unpaired) electrons. The second-order valence-corrected chi connectivity index (χ2v) is 7.70. The Morgan fingerprint density at radius 3 is 2.70 bits per heavy atom. The lowest BCUT2D eigenvalue weighted by Gasteiger charge is -2.06. The van der Waals surface area contributed by atoms with Gasteiger partial charge in [0.05, 0.1) is 23.3 Å². The van der Waals surface area contributed by atoms with Gasteiger partial charge in [0, 0.05) is 29.9 Å². The molecule has 4 aromatic rings. The van der Waals surface area contributed by atoms with Crippen LogP contribution >= 0.6 is 15.9 Å². The Bertz CT molecular complexity index is 1090. The summed E-state index contributed by atoms with van der Waals surface area (Å²) in [5.74, 6) is 1.08. The summed E-state index contributed by atoms with van der Waals surface area (Å²) < 4.78 is 9.05. The van der Waals surface area contributed by atoms with E-state index in [0.717, 1.165) is 57.4 Å². The maximum atomic E-state index is 5.81.